The highest BCUT2D eigenvalue weighted by molar-refractivity contribution is 4.76. The molecule has 0 saturated heterocycles. The third-order valence-corrected chi connectivity index (χ3v) is 3.04. The van der Waals surface area contributed by atoms with Crippen LogP contribution in [0, 0.1) is 0 Å². The van der Waals surface area contributed by atoms with E-state index in [1.807, 2.05) is 6.92 Å². The van der Waals surface area contributed by atoms with E-state index in [9.17, 15) is 0 Å². The average Bonchev–Trinajstić information content (AvgIpc) is 2.25. The summed E-state index contributed by atoms with van der Waals surface area (Å²) in [6.07, 6.45) is 7.11. The second kappa shape index (κ2) is 8.97. The topological polar surface area (TPSA) is 49.5 Å². The maximum Gasteiger partial charge on any atom is 0.0608 e. The van der Waals surface area contributed by atoms with Gasteiger partial charge < -0.3 is 15.7 Å². The summed E-state index contributed by atoms with van der Waals surface area (Å²) >= 11 is 0. The fourth-order valence-corrected chi connectivity index (χ4v) is 1.73. The molecule has 0 aliphatic rings. The Bertz CT molecular complexity index is 160. The number of nitrogens with two attached hydrogens (primary N) is 1. The van der Waals surface area contributed by atoms with E-state index in [1.165, 1.54) is 32.2 Å². The second-order valence-corrected chi connectivity index (χ2v) is 5.28. The molecule has 3 nitrogen and oxygen atoms in total. The number of nitrogens with zero attached hydrogens (tertiary/aromatic N) is 1. The molecule has 16 heavy (non-hydrogen) atoms. The lowest BCUT2D eigenvalue weighted by atomic mass is 9.97. The monoisotopic (exact) mass is 230 g/mol. The summed E-state index contributed by atoms with van der Waals surface area (Å²) in [5.74, 6) is 0. The number of hydrogen-bond donors (Lipinski definition) is 2. The predicted molar refractivity (Wildman–Crippen MR) is 70.6 cm³/mol. The highest BCUT2D eigenvalue weighted by Gasteiger charge is 2.15. The molecule has 0 aromatic carbocycles. The third kappa shape index (κ3) is 9.13. The van der Waals surface area contributed by atoms with Crippen LogP contribution in [0.2, 0.25) is 0 Å². The van der Waals surface area contributed by atoms with E-state index in [-0.39, 0.29) is 12.1 Å². The van der Waals surface area contributed by atoms with Crippen LogP contribution in [0.3, 0.4) is 0 Å². The number of aliphatic hydroxyl groups excluding tert-OH is 1. The third-order valence-electron chi connectivity index (χ3n) is 3.04. The first kappa shape index (κ1) is 15.9. The lowest BCUT2D eigenvalue weighted by Gasteiger charge is -2.22. The van der Waals surface area contributed by atoms with Crippen molar-refractivity contribution in [3.05, 3.63) is 0 Å². The fraction of sp³-hybridized carbons (Fsp3) is 1.00. The molecular weight excluding hydrogens is 200 g/mol. The molecule has 0 aromatic rings. The molecule has 0 spiro atoms. The lowest BCUT2D eigenvalue weighted by molar-refractivity contribution is 0.195. The van der Waals surface area contributed by atoms with Crippen molar-refractivity contribution in [2.75, 3.05) is 26.7 Å². The Morgan fingerprint density at radius 2 is 1.69 bits per heavy atom. The molecule has 3 heteroatoms. The lowest BCUT2D eigenvalue weighted by Crippen LogP contribution is -2.40. The Balaban J connectivity index is 3.37. The van der Waals surface area contributed by atoms with Gasteiger partial charge >= 0.3 is 0 Å². The maximum atomic E-state index is 9.01. The maximum absolute atomic E-state index is 9.01. The molecule has 0 saturated carbocycles. The summed E-state index contributed by atoms with van der Waals surface area (Å²) in [5.41, 5.74) is 5.48. The van der Waals surface area contributed by atoms with Crippen LogP contribution >= 0.6 is 0 Å². The van der Waals surface area contributed by atoms with Crippen molar-refractivity contribution in [1.82, 2.24) is 4.90 Å². The molecule has 0 radical (unpaired) electrons. The van der Waals surface area contributed by atoms with Crippen molar-refractivity contribution in [3.63, 3.8) is 0 Å². The summed E-state index contributed by atoms with van der Waals surface area (Å²) in [6.45, 7) is 6.58. The molecule has 1 atom stereocenters. The normalized spacial score (nSPS) is 15.4. The Morgan fingerprint density at radius 3 is 2.19 bits per heavy atom. The van der Waals surface area contributed by atoms with Gasteiger partial charge in [0.15, 0.2) is 0 Å². The van der Waals surface area contributed by atoms with E-state index < -0.39 is 0 Å². The molecule has 0 amide bonds. The molecule has 0 heterocycles. The molecule has 0 rings (SSSR count). The molecule has 0 aliphatic heterocycles. The first-order valence-electron chi connectivity index (χ1n) is 6.60. The number of hydrogen-bond acceptors (Lipinski definition) is 3. The van der Waals surface area contributed by atoms with Gasteiger partial charge in [-0.2, -0.15) is 0 Å². The highest BCUT2D eigenvalue weighted by Crippen LogP contribution is 2.10. The second-order valence-electron chi connectivity index (χ2n) is 5.28. The zero-order chi connectivity index (χ0) is 12.4. The van der Waals surface area contributed by atoms with Gasteiger partial charge in [-0.25, -0.2) is 0 Å². The summed E-state index contributed by atoms with van der Waals surface area (Å²) in [4.78, 5) is 2.39. The van der Waals surface area contributed by atoms with Gasteiger partial charge in [0.25, 0.3) is 0 Å². The van der Waals surface area contributed by atoms with Gasteiger partial charge in [0.05, 0.1) is 6.61 Å². The summed E-state index contributed by atoms with van der Waals surface area (Å²) in [6, 6.07) is 0. The molecular formula is C13H30N2O. The Hall–Kier alpha value is -0.120. The number of rotatable bonds is 10. The van der Waals surface area contributed by atoms with Gasteiger partial charge in [-0.15, -0.1) is 0 Å². The molecule has 0 bridgehead atoms. The van der Waals surface area contributed by atoms with Crippen LogP contribution in [0.15, 0.2) is 0 Å². The van der Waals surface area contributed by atoms with Crippen LogP contribution in [-0.2, 0) is 0 Å². The van der Waals surface area contributed by atoms with Gasteiger partial charge in [0.2, 0.25) is 0 Å². The average molecular weight is 230 g/mol. The van der Waals surface area contributed by atoms with E-state index in [0.29, 0.717) is 0 Å². The van der Waals surface area contributed by atoms with Crippen LogP contribution in [0.25, 0.3) is 0 Å². The van der Waals surface area contributed by atoms with Crippen LogP contribution in [0.1, 0.15) is 52.4 Å². The van der Waals surface area contributed by atoms with Gasteiger partial charge in [-0.1, -0.05) is 26.2 Å². The minimum atomic E-state index is -0.388. The standard InChI is InChI=1S/C13H30N2O/c1-4-5-7-10-15(3)11-8-6-9-13(2,14)12-16/h16H,4-12,14H2,1-3H3. The van der Waals surface area contributed by atoms with E-state index in [4.69, 9.17) is 10.8 Å². The molecule has 3 N–H and O–H groups in total. The SMILES string of the molecule is CCCCCN(C)CCCCC(C)(N)CO. The van der Waals surface area contributed by atoms with Crippen molar-refractivity contribution in [2.45, 2.75) is 57.9 Å². The summed E-state index contributed by atoms with van der Waals surface area (Å²) in [5, 5.41) is 9.01. The minimum Gasteiger partial charge on any atom is -0.394 e. The van der Waals surface area contributed by atoms with Gasteiger partial charge in [0, 0.05) is 5.54 Å². The van der Waals surface area contributed by atoms with E-state index >= 15 is 0 Å². The van der Waals surface area contributed by atoms with Crippen LogP contribution < -0.4 is 5.73 Å². The van der Waals surface area contributed by atoms with Crippen molar-refractivity contribution in [2.24, 2.45) is 5.73 Å². The first-order valence-corrected chi connectivity index (χ1v) is 6.60. The van der Waals surface area contributed by atoms with Crippen molar-refractivity contribution in [1.29, 1.82) is 0 Å². The Morgan fingerprint density at radius 1 is 1.12 bits per heavy atom. The van der Waals surface area contributed by atoms with E-state index in [0.717, 1.165) is 19.4 Å². The highest BCUT2D eigenvalue weighted by atomic mass is 16.3. The first-order chi connectivity index (χ1) is 7.52. The number of unbranched alkanes of at least 4 members (excludes halogenated alkanes) is 3. The summed E-state index contributed by atoms with van der Waals surface area (Å²) < 4.78 is 0. The van der Waals surface area contributed by atoms with Gasteiger partial charge in [0.1, 0.15) is 0 Å². The van der Waals surface area contributed by atoms with Crippen molar-refractivity contribution in [3.8, 4) is 0 Å². The molecule has 0 fully saturated rings. The van der Waals surface area contributed by atoms with Gasteiger partial charge in [-0.3, -0.25) is 0 Å². The van der Waals surface area contributed by atoms with Crippen LogP contribution in [0.4, 0.5) is 0 Å². The van der Waals surface area contributed by atoms with E-state index in [1.54, 1.807) is 0 Å². The molecule has 0 aromatic heterocycles. The quantitative estimate of drug-likeness (QED) is 0.564. The molecule has 98 valence electrons. The Labute approximate surface area is 101 Å². The smallest absolute Gasteiger partial charge is 0.0608 e. The largest absolute Gasteiger partial charge is 0.394 e. The Kier molecular flexibility index (Phi) is 8.90. The number of aliphatic hydroxyl groups is 1. The van der Waals surface area contributed by atoms with Crippen molar-refractivity contribution >= 4 is 0 Å². The van der Waals surface area contributed by atoms with E-state index in [2.05, 4.69) is 18.9 Å². The predicted octanol–water partition coefficient (Wildman–Crippen LogP) is 1.99. The van der Waals surface area contributed by atoms with Gasteiger partial charge in [-0.05, 0) is 46.3 Å². The molecule has 1 unspecified atom stereocenters. The molecule has 0 aliphatic carbocycles. The van der Waals surface area contributed by atoms with Crippen molar-refractivity contribution < 1.29 is 5.11 Å². The minimum absolute atomic E-state index is 0.0827. The summed E-state index contributed by atoms with van der Waals surface area (Å²) in [7, 11) is 2.18. The van der Waals surface area contributed by atoms with Crippen LogP contribution in [-0.4, -0.2) is 42.3 Å². The fourth-order valence-electron chi connectivity index (χ4n) is 1.73. The van der Waals surface area contributed by atoms with Crippen LogP contribution in [0.5, 0.6) is 0 Å². The zero-order valence-electron chi connectivity index (χ0n) is 11.3. The zero-order valence-corrected chi connectivity index (χ0v) is 11.3.